The number of allylic oxidation sites excluding steroid dienone is 6. The van der Waals surface area contributed by atoms with Crippen LogP contribution >= 0.6 is 0 Å². The summed E-state index contributed by atoms with van der Waals surface area (Å²) in [6, 6.07) is 0. The van der Waals surface area contributed by atoms with E-state index in [4.69, 9.17) is 23.7 Å². The zero-order valence-electron chi connectivity index (χ0n) is 49.5. The highest BCUT2D eigenvalue weighted by atomic mass is 16.7. The average molecular weight is 1090 g/mol. The van der Waals surface area contributed by atoms with E-state index in [1.54, 1.807) is 0 Å². The molecular formula is C65H116O12. The second-order valence-electron chi connectivity index (χ2n) is 22.0. The zero-order valence-corrected chi connectivity index (χ0v) is 49.5. The lowest BCUT2D eigenvalue weighted by molar-refractivity contribution is -0.301. The van der Waals surface area contributed by atoms with Crippen LogP contribution in [0.5, 0.6) is 0 Å². The van der Waals surface area contributed by atoms with E-state index in [2.05, 4.69) is 57.2 Å². The van der Waals surface area contributed by atoms with Gasteiger partial charge in [0, 0.05) is 19.3 Å². The summed E-state index contributed by atoms with van der Waals surface area (Å²) in [5.41, 5.74) is 0. The maximum atomic E-state index is 13.2. The molecular weight excluding hydrogens is 973 g/mol. The second kappa shape index (κ2) is 53.6. The van der Waals surface area contributed by atoms with Gasteiger partial charge < -0.3 is 39.0 Å². The first-order valence-corrected chi connectivity index (χ1v) is 32.0. The average Bonchev–Trinajstić information content (AvgIpc) is 3.42. The molecule has 0 spiro atoms. The monoisotopic (exact) mass is 1090 g/mol. The van der Waals surface area contributed by atoms with Crippen molar-refractivity contribution in [2.75, 3.05) is 13.2 Å². The van der Waals surface area contributed by atoms with Crippen LogP contribution in [0.4, 0.5) is 0 Å². The molecule has 0 aromatic carbocycles. The molecule has 12 nitrogen and oxygen atoms in total. The predicted octanol–water partition coefficient (Wildman–Crippen LogP) is 16.8. The minimum atomic E-state index is -1.90. The number of aliphatic carboxylic acids is 1. The summed E-state index contributed by atoms with van der Waals surface area (Å²) < 4.78 is 28.5. The van der Waals surface area contributed by atoms with Crippen LogP contribution in [0.2, 0.25) is 0 Å². The smallest absolute Gasteiger partial charge is 0.335 e. The van der Waals surface area contributed by atoms with Gasteiger partial charge in [0.25, 0.3) is 0 Å². The Morgan fingerprint density at radius 2 is 0.779 bits per heavy atom. The van der Waals surface area contributed by atoms with Gasteiger partial charge in [0.05, 0.1) is 6.61 Å². The molecule has 12 heteroatoms. The number of carbonyl (C=O) groups is 4. The van der Waals surface area contributed by atoms with Gasteiger partial charge >= 0.3 is 23.9 Å². The molecule has 0 bridgehead atoms. The Bertz CT molecular complexity index is 1480. The van der Waals surface area contributed by atoms with Crippen LogP contribution in [0.1, 0.15) is 303 Å². The van der Waals surface area contributed by atoms with Gasteiger partial charge in [0.2, 0.25) is 0 Å². The SMILES string of the molecule is CCCCC/C=C\C/C=C\CCCCCCCCCCCC(=O)OC1C(OCC(COC(=O)CCCCCCCCCCCCCCCCC)OC(=O)CCCCCCC/C=C\CCCCCC)OC(C(=O)O)C(O)C1O. The minimum Gasteiger partial charge on any atom is -0.479 e. The molecule has 1 saturated heterocycles. The molecule has 0 aliphatic carbocycles. The molecule has 448 valence electrons. The van der Waals surface area contributed by atoms with Crippen LogP contribution in [0.15, 0.2) is 36.5 Å². The highest BCUT2D eigenvalue weighted by Crippen LogP contribution is 2.27. The molecule has 6 atom stereocenters. The topological polar surface area (TPSA) is 175 Å². The first-order valence-electron chi connectivity index (χ1n) is 32.0. The Labute approximate surface area is 470 Å². The first-order chi connectivity index (χ1) is 37.6. The van der Waals surface area contributed by atoms with E-state index in [0.717, 1.165) is 96.3 Å². The molecule has 0 aromatic rings. The Hall–Kier alpha value is -3.06. The molecule has 0 saturated carbocycles. The molecule has 1 aliphatic heterocycles. The zero-order chi connectivity index (χ0) is 56.1. The summed E-state index contributed by atoms with van der Waals surface area (Å²) in [5, 5.41) is 31.6. The lowest BCUT2D eigenvalue weighted by atomic mass is 9.98. The summed E-state index contributed by atoms with van der Waals surface area (Å²) >= 11 is 0. The molecule has 1 rings (SSSR count). The first kappa shape index (κ1) is 72.0. The fraction of sp³-hybridized carbons (Fsp3) is 0.846. The van der Waals surface area contributed by atoms with Gasteiger partial charge in [-0.15, -0.1) is 0 Å². The lowest BCUT2D eigenvalue weighted by Crippen LogP contribution is -2.61. The van der Waals surface area contributed by atoms with Gasteiger partial charge in [-0.2, -0.15) is 0 Å². The van der Waals surface area contributed by atoms with Crippen molar-refractivity contribution in [3.05, 3.63) is 36.5 Å². The summed E-state index contributed by atoms with van der Waals surface area (Å²) in [4.78, 5) is 51.2. The number of carboxylic acid groups (broad SMARTS) is 1. The highest BCUT2D eigenvalue weighted by Gasteiger charge is 2.50. The molecule has 0 amide bonds. The Kier molecular flexibility index (Phi) is 50.1. The summed E-state index contributed by atoms with van der Waals surface area (Å²) in [6.45, 7) is 5.99. The Morgan fingerprint density at radius 3 is 1.22 bits per heavy atom. The number of aliphatic hydroxyl groups is 2. The quantitative estimate of drug-likeness (QED) is 0.0228. The van der Waals surface area contributed by atoms with Gasteiger partial charge in [-0.05, 0) is 77.0 Å². The van der Waals surface area contributed by atoms with Crippen molar-refractivity contribution in [3.63, 3.8) is 0 Å². The van der Waals surface area contributed by atoms with Crippen molar-refractivity contribution >= 4 is 23.9 Å². The van der Waals surface area contributed by atoms with E-state index in [9.17, 15) is 34.5 Å². The minimum absolute atomic E-state index is 0.0579. The lowest BCUT2D eigenvalue weighted by Gasteiger charge is -2.40. The maximum absolute atomic E-state index is 13.2. The van der Waals surface area contributed by atoms with Crippen molar-refractivity contribution in [2.24, 2.45) is 0 Å². The van der Waals surface area contributed by atoms with Crippen LogP contribution < -0.4 is 0 Å². The van der Waals surface area contributed by atoms with Crippen LogP contribution in [-0.2, 0) is 42.9 Å². The fourth-order valence-corrected chi connectivity index (χ4v) is 9.75. The highest BCUT2D eigenvalue weighted by molar-refractivity contribution is 5.74. The number of carbonyl (C=O) groups excluding carboxylic acids is 3. The van der Waals surface area contributed by atoms with Crippen molar-refractivity contribution in [2.45, 2.75) is 340 Å². The van der Waals surface area contributed by atoms with Gasteiger partial charge in [0.1, 0.15) is 18.8 Å². The summed E-state index contributed by atoms with van der Waals surface area (Å²) in [7, 11) is 0. The van der Waals surface area contributed by atoms with E-state index >= 15 is 0 Å². The number of aliphatic hydroxyl groups excluding tert-OH is 2. The van der Waals surface area contributed by atoms with E-state index in [-0.39, 0.29) is 25.9 Å². The van der Waals surface area contributed by atoms with E-state index in [0.29, 0.717) is 19.3 Å². The molecule has 1 heterocycles. The number of unbranched alkanes of at least 4 members (excludes halogenated alkanes) is 35. The number of esters is 3. The van der Waals surface area contributed by atoms with Crippen LogP contribution in [-0.4, -0.2) is 89.2 Å². The second-order valence-corrected chi connectivity index (χ2v) is 22.0. The van der Waals surface area contributed by atoms with Crippen LogP contribution in [0.25, 0.3) is 0 Å². The number of carboxylic acids is 1. The van der Waals surface area contributed by atoms with Crippen molar-refractivity contribution < 1.29 is 58.2 Å². The molecule has 6 unspecified atom stereocenters. The molecule has 77 heavy (non-hydrogen) atoms. The fourth-order valence-electron chi connectivity index (χ4n) is 9.75. The predicted molar refractivity (Wildman–Crippen MR) is 313 cm³/mol. The third-order valence-corrected chi connectivity index (χ3v) is 14.7. The number of hydrogen-bond donors (Lipinski definition) is 3. The number of hydrogen-bond acceptors (Lipinski definition) is 11. The normalized spacial score (nSPS) is 18.2. The molecule has 1 aliphatic rings. The molecule has 0 radical (unpaired) electrons. The Balaban J connectivity index is 2.64. The number of ether oxygens (including phenoxy) is 5. The van der Waals surface area contributed by atoms with E-state index in [1.807, 2.05) is 0 Å². The van der Waals surface area contributed by atoms with Gasteiger partial charge in [-0.1, -0.05) is 243 Å². The summed E-state index contributed by atoms with van der Waals surface area (Å²) in [5.74, 6) is -3.11. The largest absolute Gasteiger partial charge is 0.479 e. The third kappa shape index (κ3) is 43.4. The van der Waals surface area contributed by atoms with Gasteiger partial charge in [-0.25, -0.2) is 4.79 Å². The number of rotatable bonds is 55. The van der Waals surface area contributed by atoms with Gasteiger partial charge in [-0.3, -0.25) is 14.4 Å². The van der Waals surface area contributed by atoms with Crippen LogP contribution in [0, 0.1) is 0 Å². The van der Waals surface area contributed by atoms with Gasteiger partial charge in [0.15, 0.2) is 24.6 Å². The van der Waals surface area contributed by atoms with E-state index in [1.165, 1.54) is 148 Å². The molecule has 1 fully saturated rings. The summed E-state index contributed by atoms with van der Waals surface area (Å²) in [6.07, 6.45) is 51.0. The Morgan fingerprint density at radius 1 is 0.429 bits per heavy atom. The van der Waals surface area contributed by atoms with Crippen molar-refractivity contribution in [1.82, 2.24) is 0 Å². The standard InChI is InChI=1S/C65H116O12/c1-4-7-10-13-16-19-22-25-27-28-29-30-32-35-38-41-44-47-50-53-59(68)76-63-61(70)60(69)62(64(71)72)77-65(63)74-55-56(75-58(67)52-49-46-43-40-37-33-24-21-18-15-12-9-6-3)54-73-57(66)51-48-45-42-39-36-34-31-26-23-20-17-14-11-8-5-2/h16,19,21,24-25,27,56,60-63,65,69-70H,4-15,17-18,20,22-23,26,28-55H2,1-3H3,(H,71,72)/b19-16-,24-21-,27-25-. The van der Waals surface area contributed by atoms with E-state index < -0.39 is 67.3 Å². The molecule has 0 aromatic heterocycles. The third-order valence-electron chi connectivity index (χ3n) is 14.7. The van der Waals surface area contributed by atoms with Crippen molar-refractivity contribution in [3.8, 4) is 0 Å². The maximum Gasteiger partial charge on any atom is 0.335 e. The molecule has 3 N–H and O–H groups in total. The van der Waals surface area contributed by atoms with Crippen LogP contribution in [0.3, 0.4) is 0 Å². The van der Waals surface area contributed by atoms with Crippen molar-refractivity contribution in [1.29, 1.82) is 0 Å².